The smallest absolute Gasteiger partial charge is 0.240 e. The van der Waals surface area contributed by atoms with Crippen LogP contribution in [0.3, 0.4) is 0 Å². The Morgan fingerprint density at radius 3 is 2.46 bits per heavy atom. The molecule has 2 N–H and O–H groups in total. The van der Waals surface area contributed by atoms with Gasteiger partial charge in [0.15, 0.2) is 5.16 Å². The number of nitrogens with two attached hydrogens (primary N) is 1. The first-order chi connectivity index (χ1) is 13.2. The molecule has 148 valence electrons. The van der Waals surface area contributed by atoms with E-state index in [-0.39, 0.29) is 10.8 Å². The van der Waals surface area contributed by atoms with E-state index in [0.717, 1.165) is 11.1 Å². The van der Waals surface area contributed by atoms with Gasteiger partial charge in [0.1, 0.15) is 5.25 Å². The van der Waals surface area contributed by atoms with Crippen LogP contribution < -0.4 is 5.14 Å². The molecule has 0 bridgehead atoms. The predicted molar refractivity (Wildman–Crippen MR) is 111 cm³/mol. The molecule has 1 heterocycles. The Morgan fingerprint density at radius 2 is 1.89 bits per heavy atom. The summed E-state index contributed by atoms with van der Waals surface area (Å²) < 4.78 is 25.3. The largest absolute Gasteiger partial charge is 0.348 e. The molecule has 0 spiro atoms. The van der Waals surface area contributed by atoms with E-state index in [4.69, 9.17) is 5.14 Å². The average Bonchev–Trinajstić information content (AvgIpc) is 3.01. The molecule has 0 saturated heterocycles. The SMILES string of the molecule is CCn1c(S[C@@H](C(=O)N(C)C)c2ccccc2)nc2cc(S(N)(=O)=O)ccc21. The van der Waals surface area contributed by atoms with Crippen molar-refractivity contribution in [3.8, 4) is 0 Å². The highest BCUT2D eigenvalue weighted by Crippen LogP contribution is 2.37. The molecule has 3 rings (SSSR count). The lowest BCUT2D eigenvalue weighted by molar-refractivity contribution is -0.128. The Labute approximate surface area is 168 Å². The van der Waals surface area contributed by atoms with Gasteiger partial charge in [0.2, 0.25) is 15.9 Å². The van der Waals surface area contributed by atoms with Crippen molar-refractivity contribution < 1.29 is 13.2 Å². The van der Waals surface area contributed by atoms with Crippen LogP contribution in [0, 0.1) is 0 Å². The maximum atomic E-state index is 12.8. The number of fused-ring (bicyclic) bond motifs is 1. The third kappa shape index (κ3) is 4.06. The van der Waals surface area contributed by atoms with Crippen LogP contribution in [0.5, 0.6) is 0 Å². The average molecular weight is 419 g/mol. The number of imidazole rings is 1. The van der Waals surface area contributed by atoms with E-state index in [1.165, 1.54) is 23.9 Å². The molecule has 1 aromatic heterocycles. The zero-order chi connectivity index (χ0) is 20.5. The predicted octanol–water partition coefficient (Wildman–Crippen LogP) is 2.63. The summed E-state index contributed by atoms with van der Waals surface area (Å²) in [4.78, 5) is 19.0. The van der Waals surface area contributed by atoms with Gasteiger partial charge < -0.3 is 9.47 Å². The number of aryl methyl sites for hydroxylation is 1. The molecule has 0 unspecified atom stereocenters. The minimum atomic E-state index is -3.81. The Balaban J connectivity index is 2.09. The Bertz CT molecular complexity index is 1110. The summed E-state index contributed by atoms with van der Waals surface area (Å²) in [5.74, 6) is -0.0452. The van der Waals surface area contributed by atoms with E-state index in [9.17, 15) is 13.2 Å². The molecule has 9 heteroatoms. The first-order valence-electron chi connectivity index (χ1n) is 8.68. The molecule has 1 atom stereocenters. The quantitative estimate of drug-likeness (QED) is 0.621. The number of aromatic nitrogens is 2. The van der Waals surface area contributed by atoms with Gasteiger partial charge in [-0.3, -0.25) is 4.79 Å². The van der Waals surface area contributed by atoms with Gasteiger partial charge in [-0.15, -0.1) is 0 Å². The molecule has 28 heavy (non-hydrogen) atoms. The Morgan fingerprint density at radius 1 is 1.21 bits per heavy atom. The fourth-order valence-corrected chi connectivity index (χ4v) is 4.74. The van der Waals surface area contributed by atoms with Gasteiger partial charge in [-0.25, -0.2) is 18.5 Å². The van der Waals surface area contributed by atoms with Gasteiger partial charge in [-0.1, -0.05) is 42.1 Å². The molecule has 3 aromatic rings. The Kier molecular flexibility index (Phi) is 5.78. The molecule has 2 aromatic carbocycles. The second-order valence-electron chi connectivity index (χ2n) is 6.48. The molecule has 0 radical (unpaired) electrons. The molecule has 0 fully saturated rings. The third-order valence-electron chi connectivity index (χ3n) is 4.32. The normalized spacial score (nSPS) is 12.9. The summed E-state index contributed by atoms with van der Waals surface area (Å²) in [5, 5.41) is 5.42. The standard InChI is InChI=1S/C19H22N4O3S2/c1-4-23-16-11-10-14(28(20,25)26)12-15(16)21-19(23)27-17(18(24)22(2)3)13-8-6-5-7-9-13/h5-12,17H,4H2,1-3H3,(H2,20,25,26)/t17-/m1/s1. The first-order valence-corrected chi connectivity index (χ1v) is 11.1. The van der Waals surface area contributed by atoms with Crippen LogP contribution in [-0.4, -0.2) is 42.9 Å². The molecule has 0 aliphatic carbocycles. The monoisotopic (exact) mass is 418 g/mol. The Hall–Kier alpha value is -2.36. The number of likely N-dealkylation sites (N-methyl/N-ethyl adjacent to an activating group) is 1. The van der Waals surface area contributed by atoms with Crippen LogP contribution >= 0.6 is 11.8 Å². The maximum Gasteiger partial charge on any atom is 0.240 e. The van der Waals surface area contributed by atoms with Crippen LogP contribution in [0.15, 0.2) is 58.6 Å². The molecule has 1 amide bonds. The highest BCUT2D eigenvalue weighted by molar-refractivity contribution is 8.00. The third-order valence-corrected chi connectivity index (χ3v) is 6.46. The van der Waals surface area contributed by atoms with E-state index in [1.807, 2.05) is 41.8 Å². The van der Waals surface area contributed by atoms with Crippen molar-refractivity contribution in [2.45, 2.75) is 28.8 Å². The second kappa shape index (κ2) is 7.94. The molecule has 0 aliphatic heterocycles. The number of thioether (sulfide) groups is 1. The lowest BCUT2D eigenvalue weighted by Gasteiger charge is -2.20. The summed E-state index contributed by atoms with van der Waals surface area (Å²) in [6.07, 6.45) is 0. The zero-order valence-electron chi connectivity index (χ0n) is 15.9. The van der Waals surface area contributed by atoms with E-state index in [1.54, 1.807) is 25.1 Å². The summed E-state index contributed by atoms with van der Waals surface area (Å²) in [5.41, 5.74) is 2.20. The fraction of sp³-hybridized carbons (Fsp3) is 0.263. The molecule has 0 aliphatic rings. The highest BCUT2D eigenvalue weighted by Gasteiger charge is 2.26. The fourth-order valence-electron chi connectivity index (χ4n) is 2.89. The van der Waals surface area contributed by atoms with E-state index in [2.05, 4.69) is 4.98 Å². The van der Waals surface area contributed by atoms with Crippen LogP contribution in [0.2, 0.25) is 0 Å². The molecule has 0 saturated carbocycles. The van der Waals surface area contributed by atoms with Crippen molar-refractivity contribution in [2.24, 2.45) is 5.14 Å². The van der Waals surface area contributed by atoms with E-state index >= 15 is 0 Å². The van der Waals surface area contributed by atoms with Crippen molar-refractivity contribution in [1.29, 1.82) is 0 Å². The molecule has 7 nitrogen and oxygen atoms in total. The summed E-state index contributed by atoms with van der Waals surface area (Å²) in [7, 11) is -0.368. The minimum absolute atomic E-state index is 0.0151. The number of hydrogen-bond acceptors (Lipinski definition) is 5. The molecular formula is C19H22N4O3S2. The van der Waals surface area contributed by atoms with Crippen molar-refractivity contribution in [3.05, 3.63) is 54.1 Å². The summed E-state index contributed by atoms with van der Waals surface area (Å²) >= 11 is 1.35. The minimum Gasteiger partial charge on any atom is -0.348 e. The van der Waals surface area contributed by atoms with Gasteiger partial charge in [0.25, 0.3) is 0 Å². The number of carbonyl (C=O) groups is 1. The van der Waals surface area contributed by atoms with Crippen molar-refractivity contribution in [2.75, 3.05) is 14.1 Å². The summed E-state index contributed by atoms with van der Waals surface area (Å²) in [6, 6.07) is 14.2. The van der Waals surface area contributed by atoms with Crippen molar-refractivity contribution in [3.63, 3.8) is 0 Å². The van der Waals surface area contributed by atoms with Gasteiger partial charge in [-0.2, -0.15) is 0 Å². The lowest BCUT2D eigenvalue weighted by atomic mass is 10.1. The number of benzene rings is 2. The number of carbonyl (C=O) groups excluding carboxylic acids is 1. The number of sulfonamides is 1. The maximum absolute atomic E-state index is 12.8. The van der Waals surface area contributed by atoms with E-state index < -0.39 is 15.3 Å². The lowest BCUT2D eigenvalue weighted by Crippen LogP contribution is -2.27. The van der Waals surface area contributed by atoms with Crippen molar-refractivity contribution >= 4 is 38.7 Å². The zero-order valence-corrected chi connectivity index (χ0v) is 17.5. The number of amides is 1. The highest BCUT2D eigenvalue weighted by atomic mass is 32.2. The number of primary sulfonamides is 1. The number of rotatable bonds is 6. The van der Waals surface area contributed by atoms with Gasteiger partial charge in [-0.05, 0) is 30.7 Å². The second-order valence-corrected chi connectivity index (χ2v) is 9.11. The summed E-state index contributed by atoms with van der Waals surface area (Å²) in [6.45, 7) is 2.61. The van der Waals surface area contributed by atoms with Gasteiger partial charge in [0, 0.05) is 20.6 Å². The van der Waals surface area contributed by atoms with Crippen LogP contribution in [0.25, 0.3) is 11.0 Å². The van der Waals surface area contributed by atoms with Crippen LogP contribution in [-0.2, 0) is 21.4 Å². The van der Waals surface area contributed by atoms with Gasteiger partial charge >= 0.3 is 0 Å². The topological polar surface area (TPSA) is 98.3 Å². The van der Waals surface area contributed by atoms with E-state index in [0.29, 0.717) is 17.2 Å². The first kappa shape index (κ1) is 20.4. The van der Waals surface area contributed by atoms with Crippen molar-refractivity contribution in [1.82, 2.24) is 14.5 Å². The van der Waals surface area contributed by atoms with Crippen LogP contribution in [0.4, 0.5) is 0 Å². The number of hydrogen-bond donors (Lipinski definition) is 1. The van der Waals surface area contributed by atoms with Crippen LogP contribution in [0.1, 0.15) is 17.7 Å². The van der Waals surface area contributed by atoms with Gasteiger partial charge in [0.05, 0.1) is 15.9 Å². The number of nitrogens with zero attached hydrogens (tertiary/aromatic N) is 3. The molecular weight excluding hydrogens is 396 g/mol.